The lowest BCUT2D eigenvalue weighted by molar-refractivity contribution is 0.221. The van der Waals surface area contributed by atoms with Gasteiger partial charge in [0.15, 0.2) is 8.32 Å². The Labute approximate surface area is 263 Å². The minimum atomic E-state index is -1.63. The smallest absolute Gasteiger partial charge is 0.193 e. The average Bonchev–Trinajstić information content (AvgIpc) is 2.95. The van der Waals surface area contributed by atoms with E-state index in [9.17, 15) is 0 Å². The van der Waals surface area contributed by atoms with E-state index in [1.54, 1.807) is 0 Å². The van der Waals surface area contributed by atoms with E-state index in [0.717, 1.165) is 0 Å². The Morgan fingerprint density at radius 1 is 0.317 bits per heavy atom. The highest BCUT2D eigenvalue weighted by Gasteiger charge is 2.34. The summed E-state index contributed by atoms with van der Waals surface area (Å²) in [6.45, 7) is 11.6. The van der Waals surface area contributed by atoms with Crippen LogP contribution in [0.1, 0.15) is 227 Å². The summed E-state index contributed by atoms with van der Waals surface area (Å²) in [6, 6.07) is 4.32. The van der Waals surface area contributed by atoms with Crippen molar-refractivity contribution in [3.63, 3.8) is 0 Å². The van der Waals surface area contributed by atoms with E-state index >= 15 is 0 Å². The molecule has 248 valence electrons. The predicted octanol–water partition coefficient (Wildman–Crippen LogP) is 15.1. The van der Waals surface area contributed by atoms with Crippen LogP contribution in [0.15, 0.2) is 0 Å². The summed E-state index contributed by atoms with van der Waals surface area (Å²) in [5, 5.41) is 0. The molecule has 0 rings (SSSR count). The lowest BCUT2D eigenvalue weighted by Gasteiger charge is -2.34. The van der Waals surface area contributed by atoms with Crippen molar-refractivity contribution in [2.45, 2.75) is 251 Å². The summed E-state index contributed by atoms with van der Waals surface area (Å²) in [7, 11) is -1.63. The topological polar surface area (TPSA) is 9.23 Å². The minimum Gasteiger partial charge on any atom is -0.414 e. The number of hydrogen-bond acceptors (Lipinski definition) is 1. The molecule has 0 saturated carbocycles. The molecule has 2 heteroatoms. The van der Waals surface area contributed by atoms with Gasteiger partial charge < -0.3 is 4.43 Å². The minimum absolute atomic E-state index is 0.413. The summed E-state index contributed by atoms with van der Waals surface area (Å²) in [5.74, 6) is 0. The van der Waals surface area contributed by atoms with Crippen molar-refractivity contribution in [3.8, 4) is 0 Å². The van der Waals surface area contributed by atoms with E-state index in [-0.39, 0.29) is 0 Å². The summed E-state index contributed by atoms with van der Waals surface area (Å²) < 4.78 is 7.02. The third-order valence-corrected chi connectivity index (χ3v) is 14.2. The summed E-state index contributed by atoms with van der Waals surface area (Å²) >= 11 is 0. The lowest BCUT2D eigenvalue weighted by Crippen LogP contribution is -2.40. The predicted molar refractivity (Wildman–Crippen MR) is 192 cm³/mol. The molecular weight excluding hydrogens is 513 g/mol. The summed E-state index contributed by atoms with van der Waals surface area (Å²) in [6.07, 6.45) is 43.7. The number of rotatable bonds is 35. The second-order valence-corrected chi connectivity index (χ2v) is 18.2. The first-order valence-electron chi connectivity index (χ1n) is 19.8. The van der Waals surface area contributed by atoms with Gasteiger partial charge >= 0.3 is 0 Å². The van der Waals surface area contributed by atoms with Crippen molar-refractivity contribution in [3.05, 3.63) is 0 Å². The molecule has 0 unspecified atom stereocenters. The highest BCUT2D eigenvalue weighted by molar-refractivity contribution is 6.73. The Morgan fingerprint density at radius 3 is 0.707 bits per heavy atom. The largest absolute Gasteiger partial charge is 0.414 e. The normalized spacial score (nSPS) is 12.1. The molecule has 0 aliphatic carbocycles. The Morgan fingerprint density at radius 2 is 0.512 bits per heavy atom. The molecule has 0 atom stereocenters. The van der Waals surface area contributed by atoms with E-state index in [0.29, 0.717) is 6.10 Å². The standard InChI is InChI=1S/C39H82OSi/c1-6-9-12-15-18-21-24-27-30-33-36-41(40-39(4)5,37-34-31-28-25-22-19-16-13-10-7-2)38-35-32-29-26-23-20-17-14-11-8-3/h39H,6-38H2,1-5H3. The molecule has 0 aliphatic rings. The fourth-order valence-corrected chi connectivity index (χ4v) is 11.6. The molecule has 41 heavy (non-hydrogen) atoms. The Balaban J connectivity index is 4.50. The van der Waals surface area contributed by atoms with Gasteiger partial charge in [0.1, 0.15) is 0 Å². The second-order valence-electron chi connectivity index (χ2n) is 14.1. The van der Waals surface area contributed by atoms with E-state index in [1.807, 2.05) is 0 Å². The average molecular weight is 595 g/mol. The van der Waals surface area contributed by atoms with Crippen LogP contribution in [0.3, 0.4) is 0 Å². The molecular formula is C39H82OSi. The van der Waals surface area contributed by atoms with Gasteiger partial charge in [-0.15, -0.1) is 0 Å². The molecule has 0 radical (unpaired) electrons. The molecule has 0 fully saturated rings. The number of unbranched alkanes of at least 4 members (excludes halogenated alkanes) is 27. The van der Waals surface area contributed by atoms with E-state index in [4.69, 9.17) is 4.43 Å². The molecule has 0 aromatic heterocycles. The fraction of sp³-hybridized carbons (Fsp3) is 1.00. The van der Waals surface area contributed by atoms with Crippen LogP contribution in [0.25, 0.3) is 0 Å². The van der Waals surface area contributed by atoms with Crippen LogP contribution in [0.2, 0.25) is 18.1 Å². The molecule has 0 bridgehead atoms. The molecule has 0 amide bonds. The SMILES string of the molecule is CCCCCCCCCCCC[Si](CCCCCCCCCCCC)(CCCCCCCCCCCC)OC(C)C. The summed E-state index contributed by atoms with van der Waals surface area (Å²) in [4.78, 5) is 0. The van der Waals surface area contributed by atoms with Gasteiger partial charge in [0.2, 0.25) is 0 Å². The third kappa shape index (κ3) is 30.0. The van der Waals surface area contributed by atoms with E-state index in [2.05, 4.69) is 34.6 Å². The van der Waals surface area contributed by atoms with Crippen molar-refractivity contribution < 1.29 is 4.43 Å². The van der Waals surface area contributed by atoms with Crippen LogP contribution in [0, 0.1) is 0 Å². The maximum absolute atomic E-state index is 7.02. The monoisotopic (exact) mass is 595 g/mol. The van der Waals surface area contributed by atoms with Gasteiger partial charge in [-0.2, -0.15) is 0 Å². The Hall–Kier alpha value is 0.177. The van der Waals surface area contributed by atoms with E-state index in [1.165, 1.54) is 211 Å². The molecule has 0 aliphatic heterocycles. The molecule has 0 saturated heterocycles. The maximum atomic E-state index is 7.02. The van der Waals surface area contributed by atoms with Crippen molar-refractivity contribution in [2.75, 3.05) is 0 Å². The van der Waals surface area contributed by atoms with Crippen molar-refractivity contribution in [1.82, 2.24) is 0 Å². The fourth-order valence-electron chi connectivity index (χ4n) is 6.86. The van der Waals surface area contributed by atoms with Gasteiger partial charge in [-0.3, -0.25) is 0 Å². The van der Waals surface area contributed by atoms with Gasteiger partial charge in [-0.1, -0.05) is 213 Å². The first-order chi connectivity index (χ1) is 20.1. The highest BCUT2D eigenvalue weighted by atomic mass is 28.4. The highest BCUT2D eigenvalue weighted by Crippen LogP contribution is 2.32. The third-order valence-electron chi connectivity index (χ3n) is 9.44. The second kappa shape index (κ2) is 33.1. The van der Waals surface area contributed by atoms with Crippen LogP contribution in [-0.2, 0) is 4.43 Å². The van der Waals surface area contributed by atoms with Crippen molar-refractivity contribution in [1.29, 1.82) is 0 Å². The first-order valence-corrected chi connectivity index (χ1v) is 22.3. The van der Waals surface area contributed by atoms with Crippen LogP contribution >= 0.6 is 0 Å². The van der Waals surface area contributed by atoms with Gasteiger partial charge in [0.05, 0.1) is 0 Å². The van der Waals surface area contributed by atoms with Gasteiger partial charge in [0, 0.05) is 6.10 Å². The number of hydrogen-bond donors (Lipinski definition) is 0. The molecule has 1 nitrogen and oxygen atoms in total. The Bertz CT molecular complexity index is 416. The zero-order valence-electron chi connectivity index (χ0n) is 29.8. The zero-order chi connectivity index (χ0) is 30.1. The van der Waals surface area contributed by atoms with Crippen LogP contribution in [-0.4, -0.2) is 14.4 Å². The van der Waals surface area contributed by atoms with Crippen molar-refractivity contribution in [2.24, 2.45) is 0 Å². The molecule has 0 aromatic rings. The van der Waals surface area contributed by atoms with Crippen LogP contribution in [0.4, 0.5) is 0 Å². The maximum Gasteiger partial charge on any atom is 0.193 e. The van der Waals surface area contributed by atoms with Crippen LogP contribution in [0.5, 0.6) is 0 Å². The lowest BCUT2D eigenvalue weighted by atomic mass is 10.1. The van der Waals surface area contributed by atoms with Gasteiger partial charge in [-0.25, -0.2) is 0 Å². The van der Waals surface area contributed by atoms with Gasteiger partial charge in [0.25, 0.3) is 0 Å². The van der Waals surface area contributed by atoms with E-state index < -0.39 is 8.32 Å². The van der Waals surface area contributed by atoms with Crippen molar-refractivity contribution >= 4 is 8.32 Å². The Kier molecular flexibility index (Phi) is 33.2. The van der Waals surface area contributed by atoms with Gasteiger partial charge in [-0.05, 0) is 32.0 Å². The zero-order valence-corrected chi connectivity index (χ0v) is 30.8. The molecule has 0 spiro atoms. The first kappa shape index (κ1) is 41.2. The molecule has 0 heterocycles. The summed E-state index contributed by atoms with van der Waals surface area (Å²) in [5.41, 5.74) is 0. The molecule has 0 N–H and O–H groups in total. The quantitative estimate of drug-likeness (QED) is 0.0524. The van der Waals surface area contributed by atoms with Crippen LogP contribution < -0.4 is 0 Å². The molecule has 0 aromatic carbocycles.